The summed E-state index contributed by atoms with van der Waals surface area (Å²) in [5.41, 5.74) is -1.04. The van der Waals surface area contributed by atoms with Gasteiger partial charge in [0.15, 0.2) is 0 Å². The second-order valence-electron chi connectivity index (χ2n) is 6.23. The molecule has 0 saturated heterocycles. The van der Waals surface area contributed by atoms with Gasteiger partial charge in [-0.2, -0.15) is 0 Å². The Bertz CT molecular complexity index is 449. The third-order valence-corrected chi connectivity index (χ3v) is 5.95. The van der Waals surface area contributed by atoms with Gasteiger partial charge in [0.25, 0.3) is 0 Å². The molecule has 0 aromatic carbocycles. The summed E-state index contributed by atoms with van der Waals surface area (Å²) in [6.07, 6.45) is 1.65. The lowest BCUT2D eigenvalue weighted by Crippen LogP contribution is -2.32. The Balaban J connectivity index is 4.82. The van der Waals surface area contributed by atoms with Gasteiger partial charge in [0.05, 0.1) is 18.8 Å². The third kappa shape index (κ3) is 9.69. The first-order valence-electron chi connectivity index (χ1n) is 8.28. The van der Waals surface area contributed by atoms with Crippen LogP contribution >= 0.6 is 15.6 Å². The molecule has 24 heavy (non-hydrogen) atoms. The monoisotopic (exact) mass is 388 g/mol. The summed E-state index contributed by atoms with van der Waals surface area (Å²) in [6, 6.07) is 0. The van der Waals surface area contributed by atoms with Crippen LogP contribution < -0.4 is 0 Å². The highest BCUT2D eigenvalue weighted by Gasteiger charge is 2.37. The molecule has 0 rings (SSSR count). The minimum Gasteiger partial charge on any atom is -0.303 e. The zero-order chi connectivity index (χ0) is 19.0. The Hall–Kier alpha value is 0.285. The van der Waals surface area contributed by atoms with E-state index in [4.69, 9.17) is 18.8 Å². The van der Waals surface area contributed by atoms with Gasteiger partial charge in [-0.3, -0.25) is 13.6 Å². The molecule has 8 nitrogen and oxygen atoms in total. The fourth-order valence-corrected chi connectivity index (χ4v) is 3.97. The van der Waals surface area contributed by atoms with Gasteiger partial charge in [0, 0.05) is 6.42 Å². The largest absolute Gasteiger partial charge is 0.472 e. The summed E-state index contributed by atoms with van der Waals surface area (Å²) < 4.78 is 38.0. The van der Waals surface area contributed by atoms with E-state index in [1.54, 1.807) is 13.8 Å². The van der Waals surface area contributed by atoms with Gasteiger partial charge >= 0.3 is 15.6 Å². The number of rotatable bonds is 13. The van der Waals surface area contributed by atoms with Crippen LogP contribution in [0, 0.1) is 11.8 Å². The zero-order valence-corrected chi connectivity index (χ0v) is 17.0. The lowest BCUT2D eigenvalue weighted by Gasteiger charge is -2.33. The van der Waals surface area contributed by atoms with Crippen LogP contribution in [-0.2, 0) is 22.7 Å². The van der Waals surface area contributed by atoms with Crippen molar-refractivity contribution in [1.82, 2.24) is 0 Å². The molecule has 0 amide bonds. The maximum absolute atomic E-state index is 12.3. The number of hydrogen-bond donors (Lipinski definition) is 3. The van der Waals surface area contributed by atoms with Crippen LogP contribution in [0.4, 0.5) is 0 Å². The molecule has 0 heterocycles. The molecule has 2 atom stereocenters. The highest BCUT2D eigenvalue weighted by Crippen LogP contribution is 2.51. The van der Waals surface area contributed by atoms with Crippen LogP contribution in [0.15, 0.2) is 0 Å². The van der Waals surface area contributed by atoms with Gasteiger partial charge < -0.3 is 14.7 Å². The van der Waals surface area contributed by atoms with E-state index in [-0.39, 0.29) is 25.6 Å². The number of hydrogen-bond acceptors (Lipinski definition) is 5. The van der Waals surface area contributed by atoms with Gasteiger partial charge in [-0.25, -0.2) is 9.13 Å². The minimum absolute atomic E-state index is 0.0698. The Kier molecular flexibility index (Phi) is 10.6. The van der Waals surface area contributed by atoms with Gasteiger partial charge in [-0.05, 0) is 24.7 Å². The van der Waals surface area contributed by atoms with Crippen molar-refractivity contribution >= 4 is 23.5 Å². The predicted molar refractivity (Wildman–Crippen MR) is 94.5 cm³/mol. The predicted octanol–water partition coefficient (Wildman–Crippen LogP) is 2.50. The van der Waals surface area contributed by atoms with E-state index < -0.39 is 21.2 Å². The average molecular weight is 388 g/mol. The van der Waals surface area contributed by atoms with Crippen molar-refractivity contribution in [3.05, 3.63) is 0 Å². The maximum Gasteiger partial charge on any atom is 0.472 e. The van der Waals surface area contributed by atoms with Gasteiger partial charge in [0.2, 0.25) is 0 Å². The highest BCUT2D eigenvalue weighted by atomic mass is 31.2. The second-order valence-corrected chi connectivity index (χ2v) is 8.85. The molecular weight excluding hydrogens is 357 g/mol. The Labute approximate surface area is 145 Å². The van der Waals surface area contributed by atoms with Crippen molar-refractivity contribution < 1.29 is 37.4 Å². The molecule has 0 spiro atoms. The minimum atomic E-state index is -4.58. The fourth-order valence-electron chi connectivity index (χ4n) is 2.37. The maximum atomic E-state index is 12.3. The van der Waals surface area contributed by atoms with Crippen LogP contribution in [0.1, 0.15) is 47.0 Å². The van der Waals surface area contributed by atoms with Crippen LogP contribution in [-0.4, -0.2) is 41.3 Å². The molecule has 0 aliphatic heterocycles. The van der Waals surface area contributed by atoms with Crippen molar-refractivity contribution in [1.29, 1.82) is 0 Å². The molecule has 0 aliphatic carbocycles. The molecule has 0 radical (unpaired) electrons. The van der Waals surface area contributed by atoms with E-state index >= 15 is 0 Å². The summed E-state index contributed by atoms with van der Waals surface area (Å²) in [7, 11) is -6.88. The molecule has 3 N–H and O–H groups in total. The van der Waals surface area contributed by atoms with Crippen molar-refractivity contribution in [3.63, 3.8) is 0 Å². The topological polar surface area (TPSA) is 123 Å². The fraction of sp³-hybridized carbons (Fsp3) is 1.00. The summed E-state index contributed by atoms with van der Waals surface area (Å²) >= 11 is 0. The van der Waals surface area contributed by atoms with Crippen LogP contribution in [0.25, 0.3) is 0 Å². The van der Waals surface area contributed by atoms with Crippen LogP contribution in [0.3, 0.4) is 0 Å². The van der Waals surface area contributed by atoms with Crippen molar-refractivity contribution in [2.75, 3.05) is 13.2 Å². The van der Waals surface area contributed by atoms with E-state index in [0.29, 0.717) is 18.8 Å². The Morgan fingerprint density at radius 2 is 1.62 bits per heavy atom. The first-order valence-corrected chi connectivity index (χ1v) is 11.3. The molecule has 0 saturated carbocycles. The van der Waals surface area contributed by atoms with Crippen molar-refractivity contribution in [3.8, 4) is 0 Å². The Morgan fingerprint density at radius 3 is 2.00 bits per heavy atom. The van der Waals surface area contributed by atoms with Crippen molar-refractivity contribution in [2.45, 2.75) is 58.9 Å². The molecule has 0 bridgehead atoms. The summed E-state index contributed by atoms with van der Waals surface area (Å²) in [6.45, 7) is 7.40. The van der Waals surface area contributed by atoms with Gasteiger partial charge in [-0.1, -0.05) is 34.0 Å². The molecule has 144 valence electrons. The zero-order valence-electron chi connectivity index (χ0n) is 15.2. The average Bonchev–Trinajstić information content (AvgIpc) is 2.44. The van der Waals surface area contributed by atoms with E-state index in [0.717, 1.165) is 6.32 Å². The molecule has 0 aromatic heterocycles. The first kappa shape index (κ1) is 24.3. The first-order chi connectivity index (χ1) is 10.9. The quantitative estimate of drug-likeness (QED) is 0.325. The number of phosphoric acid groups is 2. The molecule has 11 heteroatoms. The number of phosphoric ester groups is 2. The van der Waals surface area contributed by atoms with E-state index in [1.807, 2.05) is 21.7 Å². The highest BCUT2D eigenvalue weighted by molar-refractivity contribution is 7.47. The van der Waals surface area contributed by atoms with Crippen LogP contribution in [0.2, 0.25) is 6.32 Å². The summed E-state index contributed by atoms with van der Waals surface area (Å²) in [5.74, 6) is 0.457. The third-order valence-electron chi connectivity index (χ3n) is 4.33. The molecule has 0 aliphatic rings. The van der Waals surface area contributed by atoms with Crippen molar-refractivity contribution in [2.24, 2.45) is 11.8 Å². The molecule has 2 unspecified atom stereocenters. The summed E-state index contributed by atoms with van der Waals surface area (Å²) in [5, 5.41) is 0. The second kappa shape index (κ2) is 10.4. The van der Waals surface area contributed by atoms with E-state index in [1.165, 1.54) is 0 Å². The van der Waals surface area contributed by atoms with Gasteiger partial charge in [-0.15, -0.1) is 0 Å². The molecule has 0 aromatic rings. The summed E-state index contributed by atoms with van der Waals surface area (Å²) in [4.78, 5) is 27.5. The molecular formula is C13H31BO8P2. The van der Waals surface area contributed by atoms with E-state index in [9.17, 15) is 14.0 Å². The SMILES string of the molecule is BCC(COP(=O)(O)OC(CC)(CC)CCOP(=O)(O)O)C(C)C. The normalized spacial score (nSPS) is 17.0. The van der Waals surface area contributed by atoms with E-state index in [2.05, 4.69) is 4.52 Å². The smallest absolute Gasteiger partial charge is 0.303 e. The standard InChI is InChI=1S/C13H31BO8P2/c1-5-13(6-2,7-8-20-23(15,16)17)22-24(18,19)21-10-12(9-14)11(3)4/h11-12H,5-10,14H2,1-4H3,(H,18,19)(H2,15,16,17). The Morgan fingerprint density at radius 1 is 1.08 bits per heavy atom. The molecule has 0 fully saturated rings. The lowest BCUT2D eigenvalue weighted by molar-refractivity contribution is -0.00559. The lowest BCUT2D eigenvalue weighted by atomic mass is 9.84. The van der Waals surface area contributed by atoms with Gasteiger partial charge in [0.1, 0.15) is 7.85 Å². The van der Waals surface area contributed by atoms with Crippen LogP contribution in [0.5, 0.6) is 0 Å².